The van der Waals surface area contributed by atoms with E-state index in [0.29, 0.717) is 5.56 Å². The van der Waals surface area contributed by atoms with Crippen LogP contribution in [-0.4, -0.2) is 17.4 Å². The summed E-state index contributed by atoms with van der Waals surface area (Å²) < 4.78 is 0. The summed E-state index contributed by atoms with van der Waals surface area (Å²) in [5.74, 6) is -0.293. The van der Waals surface area contributed by atoms with E-state index in [1.54, 1.807) is 12.1 Å². The van der Waals surface area contributed by atoms with E-state index in [-0.39, 0.29) is 12.5 Å². The third-order valence-electron chi connectivity index (χ3n) is 1.21. The molecule has 1 N–H and O–H groups in total. The normalized spacial score (nSPS) is 8.58. The van der Waals surface area contributed by atoms with Gasteiger partial charge in [-0.25, -0.2) is 0 Å². The van der Waals surface area contributed by atoms with E-state index in [1.165, 1.54) is 6.20 Å². The lowest BCUT2D eigenvalue weighted by atomic mass is 10.3. The number of nitrogens with one attached hydrogen (secondary N) is 1. The molecule has 0 atom stereocenters. The Labute approximate surface area is 69.8 Å². The van der Waals surface area contributed by atoms with Gasteiger partial charge in [0.25, 0.3) is 5.91 Å². The molecule has 1 radical (unpaired) electrons. The first-order valence-electron chi connectivity index (χ1n) is 3.32. The number of nitriles is 1. The summed E-state index contributed by atoms with van der Waals surface area (Å²) in [7, 11) is 0. The van der Waals surface area contributed by atoms with E-state index < -0.39 is 0 Å². The van der Waals surface area contributed by atoms with Crippen LogP contribution in [0.3, 0.4) is 0 Å². The summed E-state index contributed by atoms with van der Waals surface area (Å²) in [4.78, 5) is 14.7. The minimum Gasteiger partial charge on any atom is -0.339 e. The fourth-order valence-electron chi connectivity index (χ4n) is 0.676. The monoisotopic (exact) mass is 160 g/mol. The molecule has 0 aliphatic carbocycles. The van der Waals surface area contributed by atoms with Crippen molar-refractivity contribution in [2.24, 2.45) is 0 Å². The first kappa shape index (κ1) is 8.21. The quantitative estimate of drug-likeness (QED) is 0.625. The molecule has 4 heteroatoms. The molecule has 1 rings (SSSR count). The summed E-state index contributed by atoms with van der Waals surface area (Å²) in [5.41, 5.74) is 0.434. The van der Waals surface area contributed by atoms with Gasteiger partial charge in [0.05, 0.1) is 17.8 Å². The highest BCUT2D eigenvalue weighted by Gasteiger charge is 2.02. The van der Waals surface area contributed by atoms with E-state index in [0.717, 1.165) is 0 Å². The Morgan fingerprint density at radius 2 is 2.67 bits per heavy atom. The lowest BCUT2D eigenvalue weighted by Crippen LogP contribution is -2.23. The van der Waals surface area contributed by atoms with Crippen molar-refractivity contribution in [3.63, 3.8) is 0 Å². The number of rotatable bonds is 2. The average molecular weight is 160 g/mol. The van der Waals surface area contributed by atoms with Crippen molar-refractivity contribution in [2.45, 2.75) is 0 Å². The molecule has 0 bridgehead atoms. The van der Waals surface area contributed by atoms with Crippen molar-refractivity contribution in [1.82, 2.24) is 10.3 Å². The third kappa shape index (κ3) is 2.06. The molecule has 1 heterocycles. The standard InChI is InChI=1S/C8H6N3O/c9-3-5-11-8(12)7-2-1-4-10-6-7/h1-2,6H,5H2,(H,11,12). The SMILES string of the molecule is N#CCNC(=O)c1cc[c]nc1. The summed E-state index contributed by atoms with van der Waals surface area (Å²) in [5, 5.41) is 10.6. The molecule has 0 fully saturated rings. The van der Waals surface area contributed by atoms with Gasteiger partial charge in [0.2, 0.25) is 0 Å². The van der Waals surface area contributed by atoms with Crippen LogP contribution in [0.25, 0.3) is 0 Å². The zero-order valence-corrected chi connectivity index (χ0v) is 6.24. The summed E-state index contributed by atoms with van der Waals surface area (Å²) in [6.45, 7) is 0.0114. The van der Waals surface area contributed by atoms with Gasteiger partial charge in [-0.15, -0.1) is 0 Å². The maximum atomic E-state index is 11.1. The Morgan fingerprint density at radius 1 is 1.83 bits per heavy atom. The van der Waals surface area contributed by atoms with Crippen molar-refractivity contribution >= 4 is 5.91 Å². The number of carbonyl (C=O) groups excluding carboxylic acids is 1. The maximum Gasteiger partial charge on any atom is 0.253 e. The summed E-state index contributed by atoms with van der Waals surface area (Å²) in [6.07, 6.45) is 3.94. The molecule has 59 valence electrons. The molecular formula is C8H6N3O. The van der Waals surface area contributed by atoms with Gasteiger partial charge in [-0.2, -0.15) is 5.26 Å². The number of nitrogens with zero attached hydrogens (tertiary/aromatic N) is 2. The van der Waals surface area contributed by atoms with Crippen molar-refractivity contribution in [1.29, 1.82) is 5.26 Å². The summed E-state index contributed by atoms with van der Waals surface area (Å²) >= 11 is 0. The van der Waals surface area contributed by atoms with Crippen LogP contribution in [0.2, 0.25) is 0 Å². The molecule has 4 nitrogen and oxygen atoms in total. The lowest BCUT2D eigenvalue weighted by molar-refractivity contribution is 0.0958. The first-order chi connectivity index (χ1) is 5.84. The van der Waals surface area contributed by atoms with Gasteiger partial charge in [0.15, 0.2) is 0 Å². The molecule has 0 spiro atoms. The van der Waals surface area contributed by atoms with Crippen LogP contribution in [0.15, 0.2) is 18.3 Å². The number of pyridine rings is 1. The average Bonchev–Trinajstić information content (AvgIpc) is 2.15. The summed E-state index contributed by atoms with van der Waals surface area (Å²) in [6, 6.07) is 4.93. The van der Waals surface area contributed by atoms with Crippen LogP contribution in [0, 0.1) is 17.5 Å². The van der Waals surface area contributed by atoms with Crippen LogP contribution >= 0.6 is 0 Å². The Morgan fingerprint density at radius 3 is 3.25 bits per heavy atom. The number of carbonyl (C=O) groups is 1. The van der Waals surface area contributed by atoms with Crippen LogP contribution < -0.4 is 5.32 Å². The molecule has 0 saturated carbocycles. The molecule has 0 aromatic carbocycles. The number of hydrogen-bond acceptors (Lipinski definition) is 3. The lowest BCUT2D eigenvalue weighted by Gasteiger charge is -1.97. The van der Waals surface area contributed by atoms with E-state index >= 15 is 0 Å². The van der Waals surface area contributed by atoms with Gasteiger partial charge >= 0.3 is 0 Å². The molecule has 1 aromatic heterocycles. The highest BCUT2D eigenvalue weighted by atomic mass is 16.1. The predicted molar refractivity (Wildman–Crippen MR) is 41.0 cm³/mol. The van der Waals surface area contributed by atoms with Crippen LogP contribution in [-0.2, 0) is 0 Å². The minimum absolute atomic E-state index is 0.0114. The fraction of sp³-hybridized carbons (Fsp3) is 0.125. The second-order valence-electron chi connectivity index (χ2n) is 2.02. The Hall–Kier alpha value is -1.89. The minimum atomic E-state index is -0.293. The molecule has 1 aromatic rings. The van der Waals surface area contributed by atoms with Crippen LogP contribution in [0.5, 0.6) is 0 Å². The highest BCUT2D eigenvalue weighted by molar-refractivity contribution is 5.93. The van der Waals surface area contributed by atoms with E-state index in [9.17, 15) is 4.79 Å². The zero-order chi connectivity index (χ0) is 8.81. The van der Waals surface area contributed by atoms with Gasteiger partial charge in [-0.05, 0) is 12.1 Å². The molecule has 0 aliphatic heterocycles. The third-order valence-corrected chi connectivity index (χ3v) is 1.21. The molecule has 0 unspecified atom stereocenters. The molecule has 0 aliphatic rings. The Kier molecular flexibility index (Phi) is 2.79. The smallest absolute Gasteiger partial charge is 0.253 e. The number of amides is 1. The molecular weight excluding hydrogens is 154 g/mol. The van der Waals surface area contributed by atoms with Gasteiger partial charge in [0.1, 0.15) is 6.54 Å². The molecule has 12 heavy (non-hydrogen) atoms. The zero-order valence-electron chi connectivity index (χ0n) is 6.24. The van der Waals surface area contributed by atoms with Gasteiger partial charge in [-0.3, -0.25) is 9.78 Å². The fourth-order valence-corrected chi connectivity index (χ4v) is 0.676. The van der Waals surface area contributed by atoms with Gasteiger partial charge < -0.3 is 5.32 Å². The van der Waals surface area contributed by atoms with E-state index in [2.05, 4.69) is 16.5 Å². The predicted octanol–water partition coefficient (Wildman–Crippen LogP) is 0.135. The maximum absolute atomic E-state index is 11.1. The van der Waals surface area contributed by atoms with E-state index in [1.807, 2.05) is 6.07 Å². The Bertz CT molecular complexity index is 302. The van der Waals surface area contributed by atoms with Crippen LogP contribution in [0.4, 0.5) is 0 Å². The van der Waals surface area contributed by atoms with Gasteiger partial charge in [-0.1, -0.05) is 0 Å². The molecule has 0 saturated heterocycles. The first-order valence-corrected chi connectivity index (χ1v) is 3.32. The number of aromatic nitrogens is 1. The molecule has 1 amide bonds. The largest absolute Gasteiger partial charge is 0.339 e. The number of hydrogen-bond donors (Lipinski definition) is 1. The van der Waals surface area contributed by atoms with Crippen molar-refractivity contribution in [3.05, 3.63) is 30.1 Å². The second kappa shape index (κ2) is 4.09. The van der Waals surface area contributed by atoms with Gasteiger partial charge in [0, 0.05) is 6.20 Å². The van der Waals surface area contributed by atoms with Crippen LogP contribution in [0.1, 0.15) is 10.4 Å². The van der Waals surface area contributed by atoms with Crippen molar-refractivity contribution in [3.8, 4) is 6.07 Å². The topological polar surface area (TPSA) is 65.8 Å². The van der Waals surface area contributed by atoms with E-state index in [4.69, 9.17) is 5.26 Å². The van der Waals surface area contributed by atoms with Crippen molar-refractivity contribution in [2.75, 3.05) is 6.54 Å². The second-order valence-corrected chi connectivity index (χ2v) is 2.02. The van der Waals surface area contributed by atoms with Crippen molar-refractivity contribution < 1.29 is 4.79 Å². The Balaban J connectivity index is 2.61. The highest BCUT2D eigenvalue weighted by Crippen LogP contribution is 1.93.